The van der Waals surface area contributed by atoms with Gasteiger partial charge in [-0.3, -0.25) is 9.69 Å². The molecule has 1 aliphatic rings. The van der Waals surface area contributed by atoms with Gasteiger partial charge in [0, 0.05) is 10.1 Å². The summed E-state index contributed by atoms with van der Waals surface area (Å²) < 4.78 is 7.91. The third kappa shape index (κ3) is 6.33. The first kappa shape index (κ1) is 25.5. The van der Waals surface area contributed by atoms with Crippen LogP contribution in [0.4, 0.5) is 5.69 Å². The van der Waals surface area contributed by atoms with Crippen LogP contribution in [0, 0.1) is 3.57 Å². The molecule has 1 aliphatic heterocycles. The summed E-state index contributed by atoms with van der Waals surface area (Å²) in [6, 6.07) is 20.2. The molecule has 0 saturated carbocycles. The molecule has 1 heterocycles. The second-order valence-electron chi connectivity index (χ2n) is 7.51. The summed E-state index contributed by atoms with van der Waals surface area (Å²) in [7, 11) is 0. The zero-order chi connectivity index (χ0) is 24.9. The van der Waals surface area contributed by atoms with Crippen molar-refractivity contribution in [2.45, 2.75) is 13.5 Å². The normalized spacial score (nSPS) is 15.7. The molecule has 35 heavy (non-hydrogen) atoms. The van der Waals surface area contributed by atoms with Gasteiger partial charge >= 0.3 is 5.97 Å². The van der Waals surface area contributed by atoms with Gasteiger partial charge in [-0.25, -0.2) is 9.79 Å². The van der Waals surface area contributed by atoms with Crippen LogP contribution in [0.2, 0.25) is 0 Å². The minimum Gasteiger partial charge on any atom is -0.488 e. The lowest BCUT2D eigenvalue weighted by atomic mass is 10.2. The van der Waals surface area contributed by atoms with Gasteiger partial charge in [-0.2, -0.15) is 0 Å². The second kappa shape index (κ2) is 11.4. The van der Waals surface area contributed by atoms with Crippen LogP contribution in [0.25, 0.3) is 6.08 Å². The summed E-state index contributed by atoms with van der Waals surface area (Å²) in [6.07, 6.45) is 1.82. The number of ether oxygens (including phenoxy) is 1. The predicted octanol–water partition coefficient (Wildman–Crippen LogP) is 6.95. The van der Waals surface area contributed by atoms with Crippen LogP contribution in [-0.4, -0.2) is 33.6 Å². The largest absolute Gasteiger partial charge is 0.488 e. The Bertz CT molecular complexity index is 1340. The van der Waals surface area contributed by atoms with Crippen molar-refractivity contribution in [3.8, 4) is 5.75 Å². The molecule has 1 saturated heterocycles. The van der Waals surface area contributed by atoms with Crippen LogP contribution >= 0.6 is 50.3 Å². The molecule has 178 valence electrons. The number of aromatic carboxylic acids is 1. The van der Waals surface area contributed by atoms with E-state index in [2.05, 4.69) is 43.5 Å². The lowest BCUT2D eigenvalue weighted by Gasteiger charge is -2.12. The van der Waals surface area contributed by atoms with Crippen molar-refractivity contribution in [3.05, 3.63) is 96.4 Å². The predicted molar refractivity (Wildman–Crippen MR) is 151 cm³/mol. The number of carbonyl (C=O) groups excluding carboxylic acids is 1. The monoisotopic (exact) mass is 662 g/mol. The number of amides is 1. The van der Waals surface area contributed by atoms with Crippen LogP contribution < -0.4 is 4.74 Å². The van der Waals surface area contributed by atoms with Crippen molar-refractivity contribution in [1.29, 1.82) is 0 Å². The van der Waals surface area contributed by atoms with Gasteiger partial charge < -0.3 is 9.84 Å². The van der Waals surface area contributed by atoms with Crippen molar-refractivity contribution >= 4 is 79.1 Å². The number of halogens is 2. The molecule has 4 rings (SSSR count). The number of carboxylic acids is 1. The molecule has 0 bridgehead atoms. The number of thioether (sulfide) groups is 1. The second-order valence-corrected chi connectivity index (χ2v) is 10.6. The molecule has 0 aliphatic carbocycles. The number of rotatable bonds is 7. The van der Waals surface area contributed by atoms with E-state index in [-0.39, 0.29) is 11.5 Å². The van der Waals surface area contributed by atoms with E-state index in [1.807, 2.05) is 55.5 Å². The molecular weight excluding hydrogens is 643 g/mol. The summed E-state index contributed by atoms with van der Waals surface area (Å²) in [5.74, 6) is -0.445. The molecule has 0 radical (unpaired) electrons. The average Bonchev–Trinajstić information content (AvgIpc) is 3.13. The van der Waals surface area contributed by atoms with Crippen molar-refractivity contribution in [1.82, 2.24) is 4.90 Å². The molecule has 0 unspecified atom stereocenters. The lowest BCUT2D eigenvalue weighted by molar-refractivity contribution is -0.122. The highest BCUT2D eigenvalue weighted by atomic mass is 127. The highest BCUT2D eigenvalue weighted by Crippen LogP contribution is 2.35. The third-order valence-electron chi connectivity index (χ3n) is 5.08. The van der Waals surface area contributed by atoms with E-state index in [4.69, 9.17) is 4.74 Å². The number of likely N-dealkylation sites (N-methyl/N-ethyl adjacent to an activating group) is 1. The molecule has 0 aromatic heterocycles. The Kier molecular flexibility index (Phi) is 8.30. The van der Waals surface area contributed by atoms with E-state index in [0.717, 1.165) is 15.6 Å². The summed E-state index contributed by atoms with van der Waals surface area (Å²) in [6.45, 7) is 2.79. The smallest absolute Gasteiger partial charge is 0.335 e. The number of hydrogen-bond donors (Lipinski definition) is 1. The zero-order valence-electron chi connectivity index (χ0n) is 18.6. The minimum atomic E-state index is -1.02. The fourth-order valence-electron chi connectivity index (χ4n) is 3.31. The van der Waals surface area contributed by atoms with Gasteiger partial charge in [-0.05, 0) is 117 Å². The summed E-state index contributed by atoms with van der Waals surface area (Å²) >= 11 is 7.10. The van der Waals surface area contributed by atoms with Crippen LogP contribution in [0.15, 0.2) is 81.1 Å². The topological polar surface area (TPSA) is 79.2 Å². The molecule has 0 spiro atoms. The van der Waals surface area contributed by atoms with Gasteiger partial charge in [-0.15, -0.1) is 0 Å². The van der Waals surface area contributed by atoms with Crippen LogP contribution in [0.1, 0.15) is 28.4 Å². The Morgan fingerprint density at radius 3 is 2.63 bits per heavy atom. The molecule has 1 fully saturated rings. The maximum Gasteiger partial charge on any atom is 0.335 e. The molecule has 6 nitrogen and oxygen atoms in total. The Morgan fingerprint density at radius 1 is 1.17 bits per heavy atom. The quantitative estimate of drug-likeness (QED) is 0.219. The fraction of sp³-hybridized carbons (Fsp3) is 0.115. The molecule has 1 N–H and O–H groups in total. The van der Waals surface area contributed by atoms with Gasteiger partial charge in [0.05, 0.1) is 20.6 Å². The molecule has 9 heteroatoms. The highest BCUT2D eigenvalue weighted by molar-refractivity contribution is 14.1. The van der Waals surface area contributed by atoms with Gasteiger partial charge in [0.1, 0.15) is 12.4 Å². The summed E-state index contributed by atoms with van der Waals surface area (Å²) in [4.78, 5) is 30.9. The summed E-state index contributed by atoms with van der Waals surface area (Å²) in [5, 5.41) is 9.74. The van der Waals surface area contributed by atoms with Gasteiger partial charge in [0.25, 0.3) is 5.91 Å². The van der Waals surface area contributed by atoms with Crippen molar-refractivity contribution in [2.75, 3.05) is 6.54 Å². The Morgan fingerprint density at radius 2 is 1.94 bits per heavy atom. The van der Waals surface area contributed by atoms with Crippen LogP contribution in [0.3, 0.4) is 0 Å². The Hall–Kier alpha value is -2.63. The van der Waals surface area contributed by atoms with Crippen molar-refractivity contribution in [2.24, 2.45) is 4.99 Å². The number of carbonyl (C=O) groups is 2. The fourth-order valence-corrected chi connectivity index (χ4v) is 5.24. The zero-order valence-corrected chi connectivity index (χ0v) is 23.1. The first-order valence-electron chi connectivity index (χ1n) is 10.6. The highest BCUT2D eigenvalue weighted by Gasteiger charge is 2.32. The maximum atomic E-state index is 13.0. The number of nitrogens with zero attached hydrogens (tertiary/aromatic N) is 2. The van der Waals surface area contributed by atoms with E-state index < -0.39 is 5.97 Å². The van der Waals surface area contributed by atoms with Crippen molar-refractivity contribution < 1.29 is 19.4 Å². The first-order chi connectivity index (χ1) is 16.8. The van der Waals surface area contributed by atoms with E-state index in [1.54, 1.807) is 17.0 Å². The van der Waals surface area contributed by atoms with E-state index in [0.29, 0.717) is 34.7 Å². The maximum absolute atomic E-state index is 13.0. The molecule has 0 atom stereocenters. The number of carboxylic acid groups (broad SMARTS) is 1. The molecule has 1 amide bonds. The Labute approximate surface area is 229 Å². The number of hydrogen-bond acceptors (Lipinski definition) is 5. The standard InChI is InChI=1S/C26H20BrIN2O4S/c1-2-30-24(31)23(35-26(30)29-20-5-3-4-18(14-20)25(32)33)13-17-8-11-22(21(27)12-17)34-15-16-6-9-19(28)10-7-16/h3-14H,2,15H2,1H3,(H,32,33)/b23-13-,29-26?. The van der Waals surface area contributed by atoms with Gasteiger partial charge in [-0.1, -0.05) is 24.3 Å². The lowest BCUT2D eigenvalue weighted by Crippen LogP contribution is -2.28. The number of amidine groups is 1. The minimum absolute atomic E-state index is 0.138. The molecular formula is C26H20BrIN2O4S. The number of aliphatic imine (C=N–C) groups is 1. The van der Waals surface area contributed by atoms with E-state index in [9.17, 15) is 14.7 Å². The first-order valence-corrected chi connectivity index (χ1v) is 13.3. The van der Waals surface area contributed by atoms with Crippen LogP contribution in [0.5, 0.6) is 5.75 Å². The van der Waals surface area contributed by atoms with Gasteiger partial charge in [0.15, 0.2) is 5.17 Å². The van der Waals surface area contributed by atoms with E-state index in [1.165, 1.54) is 27.5 Å². The van der Waals surface area contributed by atoms with Crippen LogP contribution in [-0.2, 0) is 11.4 Å². The third-order valence-corrected chi connectivity index (χ3v) is 7.43. The number of benzene rings is 3. The van der Waals surface area contributed by atoms with E-state index >= 15 is 0 Å². The average molecular weight is 663 g/mol. The Balaban J connectivity index is 1.52. The molecule has 3 aromatic rings. The molecule has 3 aromatic carbocycles. The van der Waals surface area contributed by atoms with Gasteiger partial charge in [0.2, 0.25) is 0 Å². The van der Waals surface area contributed by atoms with Crippen molar-refractivity contribution in [3.63, 3.8) is 0 Å². The SMILES string of the molecule is CCN1C(=O)/C(=C/c2ccc(OCc3ccc(I)cc3)c(Br)c2)SC1=Nc1cccc(C(=O)O)c1. The summed E-state index contributed by atoms with van der Waals surface area (Å²) in [5.41, 5.74) is 2.56.